The number of para-hydroxylation sites is 1. The number of aromatic carboxylic acids is 1. The van der Waals surface area contributed by atoms with Crippen molar-refractivity contribution in [1.82, 2.24) is 9.38 Å². The van der Waals surface area contributed by atoms with Gasteiger partial charge in [0.1, 0.15) is 17.2 Å². The second-order valence-electron chi connectivity index (χ2n) is 5.54. The first-order valence-corrected chi connectivity index (χ1v) is 7.81. The summed E-state index contributed by atoms with van der Waals surface area (Å²) in [6, 6.07) is 8.88. The number of nitrogens with one attached hydrogen (secondary N) is 1. The molecule has 25 heavy (non-hydrogen) atoms. The van der Waals surface area contributed by atoms with E-state index in [1.165, 1.54) is 34.9 Å². The number of amides is 1. The Hall–Kier alpha value is -3.22. The molecular weight excluding hydrogens is 325 g/mol. The topological polar surface area (TPSA) is 83.7 Å². The van der Waals surface area contributed by atoms with Crippen molar-refractivity contribution in [3.8, 4) is 0 Å². The smallest absolute Gasteiger partial charge is 0.337 e. The molecule has 128 valence electrons. The molecule has 0 aliphatic rings. The fourth-order valence-electron chi connectivity index (χ4n) is 2.68. The lowest BCUT2D eigenvalue weighted by Gasteiger charge is -2.09. The normalized spacial score (nSPS) is 10.8. The quantitative estimate of drug-likeness (QED) is 0.745. The minimum atomic E-state index is -1.14. The van der Waals surface area contributed by atoms with Crippen LogP contribution in [0.2, 0.25) is 0 Å². The third-order valence-electron chi connectivity index (χ3n) is 3.76. The number of aryl methyl sites for hydroxylation is 1. The van der Waals surface area contributed by atoms with Gasteiger partial charge in [-0.15, -0.1) is 0 Å². The van der Waals surface area contributed by atoms with Crippen LogP contribution in [0.4, 0.5) is 10.1 Å². The molecule has 0 atom stereocenters. The van der Waals surface area contributed by atoms with Gasteiger partial charge >= 0.3 is 5.97 Å². The van der Waals surface area contributed by atoms with Crippen molar-refractivity contribution in [3.05, 3.63) is 65.4 Å². The number of nitrogens with zero attached hydrogens (tertiary/aromatic N) is 2. The molecule has 0 aliphatic carbocycles. The maximum Gasteiger partial charge on any atom is 0.337 e. The van der Waals surface area contributed by atoms with Gasteiger partial charge in [-0.3, -0.25) is 9.20 Å². The van der Waals surface area contributed by atoms with Crippen molar-refractivity contribution in [1.29, 1.82) is 0 Å². The van der Waals surface area contributed by atoms with Gasteiger partial charge in [-0.2, -0.15) is 0 Å². The van der Waals surface area contributed by atoms with E-state index in [9.17, 15) is 19.1 Å². The van der Waals surface area contributed by atoms with Crippen molar-refractivity contribution < 1.29 is 19.1 Å². The Morgan fingerprint density at radius 1 is 1.24 bits per heavy atom. The van der Waals surface area contributed by atoms with Gasteiger partial charge in [-0.1, -0.05) is 25.5 Å². The largest absolute Gasteiger partial charge is 0.478 e. The zero-order chi connectivity index (χ0) is 18.0. The molecule has 2 heterocycles. The Kier molecular flexibility index (Phi) is 4.47. The Morgan fingerprint density at radius 3 is 2.72 bits per heavy atom. The minimum Gasteiger partial charge on any atom is -0.478 e. The number of anilines is 1. The van der Waals surface area contributed by atoms with Crippen LogP contribution < -0.4 is 5.32 Å². The van der Waals surface area contributed by atoms with Gasteiger partial charge in [0.15, 0.2) is 0 Å². The van der Waals surface area contributed by atoms with Gasteiger partial charge in [0.05, 0.1) is 16.9 Å². The van der Waals surface area contributed by atoms with Crippen molar-refractivity contribution in [2.45, 2.75) is 19.8 Å². The highest BCUT2D eigenvalue weighted by molar-refractivity contribution is 6.07. The Bertz CT molecular complexity index is 965. The molecule has 0 unspecified atom stereocenters. The third-order valence-corrected chi connectivity index (χ3v) is 3.76. The number of hydrogen-bond donors (Lipinski definition) is 2. The number of aromatic nitrogens is 2. The predicted molar refractivity (Wildman–Crippen MR) is 90.5 cm³/mol. The summed E-state index contributed by atoms with van der Waals surface area (Å²) in [7, 11) is 0. The maximum atomic E-state index is 13.6. The lowest BCUT2D eigenvalue weighted by molar-refractivity contribution is 0.0698. The van der Waals surface area contributed by atoms with Crippen LogP contribution in [0.1, 0.15) is 39.9 Å². The molecule has 2 N–H and O–H groups in total. The van der Waals surface area contributed by atoms with E-state index < -0.39 is 17.7 Å². The Labute approximate surface area is 142 Å². The highest BCUT2D eigenvalue weighted by Crippen LogP contribution is 2.20. The zero-order valence-electron chi connectivity index (χ0n) is 13.5. The molecule has 0 radical (unpaired) electrons. The zero-order valence-corrected chi connectivity index (χ0v) is 13.5. The number of imidazole rings is 1. The fourth-order valence-corrected chi connectivity index (χ4v) is 2.68. The summed E-state index contributed by atoms with van der Waals surface area (Å²) in [6.45, 7) is 1.95. The first kappa shape index (κ1) is 16.6. The van der Waals surface area contributed by atoms with E-state index >= 15 is 0 Å². The van der Waals surface area contributed by atoms with Crippen molar-refractivity contribution in [2.24, 2.45) is 0 Å². The lowest BCUT2D eigenvalue weighted by Crippen LogP contribution is -2.18. The number of halogens is 1. The number of hydrogen-bond acceptors (Lipinski definition) is 3. The molecule has 0 aliphatic heterocycles. The van der Waals surface area contributed by atoms with E-state index in [0.29, 0.717) is 17.8 Å². The van der Waals surface area contributed by atoms with Crippen LogP contribution in [0.25, 0.3) is 5.65 Å². The second kappa shape index (κ2) is 6.72. The number of pyridine rings is 1. The molecule has 0 bridgehead atoms. The molecule has 0 saturated carbocycles. The molecule has 0 saturated heterocycles. The summed E-state index contributed by atoms with van der Waals surface area (Å²) in [5, 5.41) is 11.8. The molecule has 3 aromatic rings. The SMILES string of the molecule is CCCc1nc2ccc(F)cn2c1C(=O)Nc1ccccc1C(=O)O. The van der Waals surface area contributed by atoms with E-state index in [0.717, 1.165) is 6.42 Å². The van der Waals surface area contributed by atoms with E-state index in [4.69, 9.17) is 0 Å². The summed E-state index contributed by atoms with van der Waals surface area (Å²) in [5.74, 6) is -2.17. The van der Waals surface area contributed by atoms with Gasteiger partial charge in [0.25, 0.3) is 5.91 Å². The van der Waals surface area contributed by atoms with Gasteiger partial charge in [-0.05, 0) is 30.7 Å². The number of carbonyl (C=O) groups is 2. The molecule has 0 fully saturated rings. The molecular formula is C18H16FN3O3. The summed E-state index contributed by atoms with van der Waals surface area (Å²) < 4.78 is 15.0. The number of carboxylic acids is 1. The van der Waals surface area contributed by atoms with Crippen LogP contribution in [-0.4, -0.2) is 26.4 Å². The number of carboxylic acid groups (broad SMARTS) is 1. The average Bonchev–Trinajstić information content (AvgIpc) is 2.92. The third kappa shape index (κ3) is 3.21. The van der Waals surface area contributed by atoms with Crippen LogP contribution in [0.3, 0.4) is 0 Å². The average molecular weight is 341 g/mol. The van der Waals surface area contributed by atoms with Crippen LogP contribution in [0.5, 0.6) is 0 Å². The first-order chi connectivity index (χ1) is 12.0. The van der Waals surface area contributed by atoms with Gasteiger partial charge in [0, 0.05) is 6.20 Å². The van der Waals surface area contributed by atoms with Crippen molar-refractivity contribution >= 4 is 23.2 Å². The monoisotopic (exact) mass is 341 g/mol. The highest BCUT2D eigenvalue weighted by atomic mass is 19.1. The molecule has 1 amide bonds. The van der Waals surface area contributed by atoms with Crippen LogP contribution in [0.15, 0.2) is 42.6 Å². The van der Waals surface area contributed by atoms with Crippen molar-refractivity contribution in [2.75, 3.05) is 5.32 Å². The Morgan fingerprint density at radius 2 is 2.00 bits per heavy atom. The molecule has 3 rings (SSSR count). The summed E-state index contributed by atoms with van der Waals surface area (Å²) in [6.07, 6.45) is 2.50. The van der Waals surface area contributed by atoms with E-state index in [-0.39, 0.29) is 16.9 Å². The van der Waals surface area contributed by atoms with Gasteiger partial charge in [0.2, 0.25) is 0 Å². The molecule has 0 spiro atoms. The van der Waals surface area contributed by atoms with E-state index in [2.05, 4.69) is 10.3 Å². The number of fused-ring (bicyclic) bond motifs is 1. The number of benzene rings is 1. The highest BCUT2D eigenvalue weighted by Gasteiger charge is 2.21. The van der Waals surface area contributed by atoms with Crippen LogP contribution in [0, 0.1) is 5.82 Å². The summed E-state index contributed by atoms with van der Waals surface area (Å²) in [5.41, 5.74) is 1.36. The second-order valence-corrected chi connectivity index (χ2v) is 5.54. The molecule has 6 nitrogen and oxygen atoms in total. The molecule has 2 aromatic heterocycles. The minimum absolute atomic E-state index is 0.0205. The van der Waals surface area contributed by atoms with Crippen molar-refractivity contribution in [3.63, 3.8) is 0 Å². The van der Waals surface area contributed by atoms with E-state index in [1.54, 1.807) is 12.1 Å². The molecule has 1 aromatic carbocycles. The van der Waals surface area contributed by atoms with Gasteiger partial charge in [-0.25, -0.2) is 14.2 Å². The first-order valence-electron chi connectivity index (χ1n) is 7.81. The van der Waals surface area contributed by atoms with Crippen LogP contribution >= 0.6 is 0 Å². The number of rotatable bonds is 5. The summed E-state index contributed by atoms with van der Waals surface area (Å²) >= 11 is 0. The Balaban J connectivity index is 2.06. The van der Waals surface area contributed by atoms with Gasteiger partial charge < -0.3 is 10.4 Å². The van der Waals surface area contributed by atoms with E-state index in [1.807, 2.05) is 6.92 Å². The summed E-state index contributed by atoms with van der Waals surface area (Å²) in [4.78, 5) is 28.5. The lowest BCUT2D eigenvalue weighted by atomic mass is 10.1. The maximum absolute atomic E-state index is 13.6. The predicted octanol–water partition coefficient (Wildman–Crippen LogP) is 3.38. The van der Waals surface area contributed by atoms with Crippen LogP contribution in [-0.2, 0) is 6.42 Å². The standard InChI is InChI=1S/C18H16FN3O3/c1-2-5-14-16(22-10-11(19)8-9-15(22)20-14)17(23)21-13-7-4-3-6-12(13)18(24)25/h3-4,6-10H,2,5H2,1H3,(H,21,23)(H,24,25). The molecule has 7 heteroatoms. The number of carbonyl (C=O) groups excluding carboxylic acids is 1. The fraction of sp³-hybridized carbons (Fsp3) is 0.167.